The molecule has 0 unspecified atom stereocenters. The lowest BCUT2D eigenvalue weighted by Gasteiger charge is -2.31. The van der Waals surface area contributed by atoms with Crippen LogP contribution in [-0.2, 0) is 0 Å². The molecule has 0 aliphatic carbocycles. The number of benzene rings is 2. The van der Waals surface area contributed by atoms with Gasteiger partial charge in [-0.05, 0) is 49.2 Å². The molecule has 3 rings (SSSR count). The number of amides is 1. The van der Waals surface area contributed by atoms with Crippen LogP contribution in [0.5, 0.6) is 5.75 Å². The van der Waals surface area contributed by atoms with Crippen LogP contribution in [0.25, 0.3) is 0 Å². The zero-order valence-corrected chi connectivity index (χ0v) is 14.2. The van der Waals surface area contributed by atoms with Gasteiger partial charge < -0.3 is 10.0 Å². The molecule has 1 N–H and O–H groups in total. The highest BCUT2D eigenvalue weighted by atomic mass is 35.5. The zero-order valence-electron chi connectivity index (χ0n) is 13.4. The second-order valence-corrected chi connectivity index (χ2v) is 6.57. The van der Waals surface area contributed by atoms with Crippen molar-refractivity contribution in [2.45, 2.75) is 12.8 Å². The van der Waals surface area contributed by atoms with E-state index in [1.807, 2.05) is 0 Å². The monoisotopic (exact) mass is 361 g/mol. The summed E-state index contributed by atoms with van der Waals surface area (Å²) >= 11 is 5.84. The lowest BCUT2D eigenvalue weighted by atomic mass is 9.88. The summed E-state index contributed by atoms with van der Waals surface area (Å²) in [6, 6.07) is 10.1. The van der Waals surface area contributed by atoms with Crippen LogP contribution in [0.15, 0.2) is 42.5 Å². The molecule has 1 heterocycles. The third kappa shape index (κ3) is 3.99. The largest absolute Gasteiger partial charge is 0.508 e. The fraction of sp³-hybridized carbons (Fsp3) is 0.263. The first kappa shape index (κ1) is 17.4. The number of phenols is 1. The Kier molecular flexibility index (Phi) is 5.04. The topological polar surface area (TPSA) is 57.6 Å². The minimum Gasteiger partial charge on any atom is -0.508 e. The van der Waals surface area contributed by atoms with Crippen molar-refractivity contribution >= 4 is 23.3 Å². The van der Waals surface area contributed by atoms with Gasteiger partial charge in [-0.3, -0.25) is 9.59 Å². The maximum absolute atomic E-state index is 13.4. The first-order valence-corrected chi connectivity index (χ1v) is 8.40. The molecule has 0 bridgehead atoms. The third-order valence-corrected chi connectivity index (χ3v) is 4.66. The number of Topliss-reactive ketones (excluding diaryl/α,β-unsaturated/α-hetero) is 1. The van der Waals surface area contributed by atoms with Gasteiger partial charge in [0.25, 0.3) is 5.91 Å². The van der Waals surface area contributed by atoms with E-state index in [1.165, 1.54) is 6.07 Å². The molecule has 0 radical (unpaired) electrons. The number of carbonyl (C=O) groups is 2. The van der Waals surface area contributed by atoms with Crippen molar-refractivity contribution in [2.75, 3.05) is 13.1 Å². The van der Waals surface area contributed by atoms with Gasteiger partial charge >= 0.3 is 0 Å². The van der Waals surface area contributed by atoms with Gasteiger partial charge in [-0.25, -0.2) is 4.39 Å². The summed E-state index contributed by atoms with van der Waals surface area (Å²) < 4.78 is 13.4. The molecule has 2 aromatic carbocycles. The summed E-state index contributed by atoms with van der Waals surface area (Å²) in [4.78, 5) is 26.5. The number of hydrogen-bond donors (Lipinski definition) is 1. The van der Waals surface area contributed by atoms with Crippen LogP contribution >= 0.6 is 11.6 Å². The lowest BCUT2D eigenvalue weighted by Crippen LogP contribution is -2.40. The van der Waals surface area contributed by atoms with Crippen molar-refractivity contribution in [1.29, 1.82) is 0 Å². The minimum atomic E-state index is -0.656. The Bertz CT molecular complexity index is 779. The van der Waals surface area contributed by atoms with Crippen LogP contribution in [0.2, 0.25) is 5.02 Å². The quantitative estimate of drug-likeness (QED) is 0.843. The van der Waals surface area contributed by atoms with Gasteiger partial charge in [-0.1, -0.05) is 11.6 Å². The van der Waals surface area contributed by atoms with Crippen LogP contribution in [0, 0.1) is 11.7 Å². The van der Waals surface area contributed by atoms with Gasteiger partial charge in [0.15, 0.2) is 5.78 Å². The summed E-state index contributed by atoms with van der Waals surface area (Å²) in [6.45, 7) is 0.834. The van der Waals surface area contributed by atoms with E-state index < -0.39 is 5.82 Å². The summed E-state index contributed by atoms with van der Waals surface area (Å²) in [6.07, 6.45) is 1.10. The first-order chi connectivity index (χ1) is 11.9. The Morgan fingerprint density at radius 3 is 2.28 bits per heavy atom. The van der Waals surface area contributed by atoms with E-state index in [1.54, 1.807) is 29.2 Å². The molecular formula is C19H17ClFNO3. The number of piperidine rings is 1. The van der Waals surface area contributed by atoms with Crippen LogP contribution < -0.4 is 0 Å². The van der Waals surface area contributed by atoms with E-state index in [0.29, 0.717) is 36.5 Å². The summed E-state index contributed by atoms with van der Waals surface area (Å²) in [5.41, 5.74) is 0.726. The summed E-state index contributed by atoms with van der Waals surface area (Å²) in [7, 11) is 0. The Hall–Kier alpha value is -2.40. The molecule has 1 fully saturated rings. The van der Waals surface area contributed by atoms with E-state index >= 15 is 0 Å². The molecule has 1 amide bonds. The first-order valence-electron chi connectivity index (χ1n) is 8.02. The number of halogens is 2. The highest BCUT2D eigenvalue weighted by molar-refractivity contribution is 6.30. The van der Waals surface area contributed by atoms with Crippen molar-refractivity contribution < 1.29 is 19.1 Å². The molecule has 0 spiro atoms. The van der Waals surface area contributed by atoms with Crippen LogP contribution in [0.3, 0.4) is 0 Å². The number of nitrogens with zero attached hydrogens (tertiary/aromatic N) is 1. The molecule has 4 nitrogen and oxygen atoms in total. The van der Waals surface area contributed by atoms with Crippen LogP contribution in [-0.4, -0.2) is 34.8 Å². The molecule has 25 heavy (non-hydrogen) atoms. The highest BCUT2D eigenvalue weighted by Crippen LogP contribution is 2.24. The van der Waals surface area contributed by atoms with E-state index in [9.17, 15) is 19.1 Å². The molecule has 0 saturated carbocycles. The molecule has 0 aromatic heterocycles. The minimum absolute atomic E-state index is 0.0483. The molecule has 6 heteroatoms. The van der Waals surface area contributed by atoms with E-state index in [0.717, 1.165) is 12.1 Å². The molecule has 0 atom stereocenters. The van der Waals surface area contributed by atoms with Gasteiger partial charge in [0.2, 0.25) is 0 Å². The van der Waals surface area contributed by atoms with E-state index in [4.69, 9.17) is 11.6 Å². The second-order valence-electron chi connectivity index (χ2n) is 6.14. The average molecular weight is 362 g/mol. The predicted molar refractivity (Wildman–Crippen MR) is 92.5 cm³/mol. The SMILES string of the molecule is O=C(c1ccc(Cl)cc1)C1CCN(C(=O)c2cc(O)cc(F)c2)CC1. The predicted octanol–water partition coefficient (Wildman–Crippen LogP) is 3.92. The Morgan fingerprint density at radius 1 is 1.04 bits per heavy atom. The number of rotatable bonds is 3. The van der Waals surface area contributed by atoms with Gasteiger partial charge in [0, 0.05) is 41.2 Å². The van der Waals surface area contributed by atoms with Crippen molar-refractivity contribution in [3.05, 3.63) is 64.4 Å². The normalized spacial score (nSPS) is 15.2. The number of carbonyl (C=O) groups excluding carboxylic acids is 2. The molecule has 1 aliphatic rings. The maximum atomic E-state index is 13.4. The van der Waals surface area contributed by atoms with Crippen LogP contribution in [0.1, 0.15) is 33.6 Å². The highest BCUT2D eigenvalue weighted by Gasteiger charge is 2.28. The van der Waals surface area contributed by atoms with Gasteiger partial charge in [-0.15, -0.1) is 0 Å². The Morgan fingerprint density at radius 2 is 1.68 bits per heavy atom. The Labute approximate surface area is 149 Å². The van der Waals surface area contributed by atoms with Crippen LogP contribution in [0.4, 0.5) is 4.39 Å². The number of hydrogen-bond acceptors (Lipinski definition) is 3. The molecule has 1 aliphatic heterocycles. The van der Waals surface area contributed by atoms with Gasteiger partial charge in [0.05, 0.1) is 0 Å². The molecule has 130 valence electrons. The number of ketones is 1. The van der Waals surface area contributed by atoms with Gasteiger partial charge in [0.1, 0.15) is 11.6 Å². The smallest absolute Gasteiger partial charge is 0.254 e. The van der Waals surface area contributed by atoms with Crippen molar-refractivity contribution in [1.82, 2.24) is 4.90 Å². The third-order valence-electron chi connectivity index (χ3n) is 4.41. The number of aromatic hydroxyl groups is 1. The Balaban J connectivity index is 1.64. The molecule has 1 saturated heterocycles. The molecule has 2 aromatic rings. The van der Waals surface area contributed by atoms with E-state index in [2.05, 4.69) is 0 Å². The van der Waals surface area contributed by atoms with Gasteiger partial charge in [-0.2, -0.15) is 0 Å². The summed E-state index contributed by atoms with van der Waals surface area (Å²) in [5.74, 6) is -1.38. The van der Waals surface area contributed by atoms with Crippen molar-refractivity contribution in [2.24, 2.45) is 5.92 Å². The average Bonchev–Trinajstić information content (AvgIpc) is 2.60. The lowest BCUT2D eigenvalue weighted by molar-refractivity contribution is 0.0649. The van der Waals surface area contributed by atoms with Crippen molar-refractivity contribution in [3.8, 4) is 5.75 Å². The zero-order chi connectivity index (χ0) is 18.0. The summed E-state index contributed by atoms with van der Waals surface area (Å²) in [5, 5.41) is 10.0. The standard InChI is InChI=1S/C19H17ClFNO3/c20-15-3-1-12(2-4-15)18(24)13-5-7-22(8-6-13)19(25)14-9-16(21)11-17(23)10-14/h1-4,9-11,13,23H,5-8H2. The molecular weight excluding hydrogens is 345 g/mol. The van der Waals surface area contributed by atoms with E-state index in [-0.39, 0.29) is 28.9 Å². The fourth-order valence-corrected chi connectivity index (χ4v) is 3.20. The second kappa shape index (κ2) is 7.23. The van der Waals surface area contributed by atoms with Crippen molar-refractivity contribution in [3.63, 3.8) is 0 Å². The number of phenolic OH excluding ortho intramolecular Hbond substituents is 1. The maximum Gasteiger partial charge on any atom is 0.254 e. The fourth-order valence-electron chi connectivity index (χ4n) is 3.07. The number of likely N-dealkylation sites (tertiary alicyclic amines) is 1.